The van der Waals surface area contributed by atoms with Crippen LogP contribution in [-0.4, -0.2) is 15.9 Å². The van der Waals surface area contributed by atoms with E-state index in [1.54, 1.807) is 11.8 Å². The zero-order chi connectivity index (χ0) is 13.5. The predicted octanol–water partition coefficient (Wildman–Crippen LogP) is 2.49. The summed E-state index contributed by atoms with van der Waals surface area (Å²) in [5.41, 5.74) is 5.30. The number of para-hydroxylation sites is 1. The maximum atomic E-state index is 5.93. The first-order valence-corrected chi connectivity index (χ1v) is 7.04. The molecule has 2 N–H and O–H groups in total. The molecule has 1 aliphatic rings. The van der Waals surface area contributed by atoms with Crippen LogP contribution in [0.3, 0.4) is 0 Å². The summed E-state index contributed by atoms with van der Waals surface area (Å²) in [5, 5.41) is 3.97. The average Bonchev–Trinajstić information content (AvgIpc) is 2.87. The van der Waals surface area contributed by atoms with E-state index < -0.39 is 5.54 Å². The minimum atomic E-state index is -0.634. The van der Waals surface area contributed by atoms with Gasteiger partial charge in [0, 0.05) is 10.6 Å². The number of hydrogen-bond acceptors (Lipinski definition) is 6. The Morgan fingerprint density at radius 1 is 1.37 bits per heavy atom. The lowest BCUT2D eigenvalue weighted by Crippen LogP contribution is -2.29. The zero-order valence-electron chi connectivity index (χ0n) is 10.8. The Balaban J connectivity index is 1.83. The number of fused-ring (bicyclic) bond motifs is 1. The van der Waals surface area contributed by atoms with Gasteiger partial charge in [-0.05, 0) is 26.0 Å². The average molecular weight is 277 g/mol. The maximum absolute atomic E-state index is 5.93. The van der Waals surface area contributed by atoms with E-state index in [9.17, 15) is 0 Å². The van der Waals surface area contributed by atoms with Crippen LogP contribution in [0, 0.1) is 0 Å². The molecule has 19 heavy (non-hydrogen) atoms. The first kappa shape index (κ1) is 12.5. The molecule has 1 aliphatic heterocycles. The molecule has 6 heteroatoms. The van der Waals surface area contributed by atoms with Crippen molar-refractivity contribution in [2.24, 2.45) is 5.73 Å². The first-order valence-electron chi connectivity index (χ1n) is 6.05. The number of ether oxygens (including phenoxy) is 1. The first-order chi connectivity index (χ1) is 9.04. The quantitative estimate of drug-likeness (QED) is 0.909. The molecular weight excluding hydrogens is 262 g/mol. The third-order valence-electron chi connectivity index (χ3n) is 2.79. The summed E-state index contributed by atoms with van der Waals surface area (Å²) in [6.07, 6.45) is -0.195. The smallest absolute Gasteiger partial charge is 0.246 e. The zero-order valence-corrected chi connectivity index (χ0v) is 11.6. The van der Waals surface area contributed by atoms with Crippen LogP contribution in [0.5, 0.6) is 5.75 Å². The van der Waals surface area contributed by atoms with Crippen molar-refractivity contribution in [1.82, 2.24) is 10.1 Å². The third-order valence-corrected chi connectivity index (χ3v) is 3.91. The minimum Gasteiger partial charge on any atom is -0.480 e. The van der Waals surface area contributed by atoms with Gasteiger partial charge in [-0.1, -0.05) is 17.3 Å². The summed E-state index contributed by atoms with van der Waals surface area (Å²) in [7, 11) is 0. The second-order valence-electron chi connectivity index (χ2n) is 5.04. The van der Waals surface area contributed by atoms with Crippen LogP contribution in [0.4, 0.5) is 0 Å². The molecule has 0 saturated heterocycles. The van der Waals surface area contributed by atoms with Gasteiger partial charge in [-0.15, -0.1) is 11.8 Å². The van der Waals surface area contributed by atoms with Crippen LogP contribution in [0.25, 0.3) is 0 Å². The Hall–Kier alpha value is -1.53. The molecule has 0 spiro atoms. The highest BCUT2D eigenvalue weighted by Gasteiger charge is 2.29. The fraction of sp³-hybridized carbons (Fsp3) is 0.385. The number of nitrogens with zero attached hydrogens (tertiary/aromatic N) is 2. The van der Waals surface area contributed by atoms with Crippen molar-refractivity contribution < 1.29 is 9.26 Å². The number of hydrogen-bond donors (Lipinski definition) is 1. The standard InChI is InChI=1S/C13H15N3O2S/c1-13(2,14)12-15-11(16-18-12)9-7-19-10-6-4-3-5-8(10)17-9/h3-6,9H,7,14H2,1-2H3. The SMILES string of the molecule is CC(C)(N)c1nc(C2CSc3ccccc3O2)no1. The lowest BCUT2D eigenvalue weighted by atomic mass is 10.1. The van der Waals surface area contributed by atoms with E-state index >= 15 is 0 Å². The van der Waals surface area contributed by atoms with Gasteiger partial charge in [0.05, 0.1) is 5.54 Å². The molecule has 3 rings (SSSR count). The molecule has 0 bridgehead atoms. The van der Waals surface area contributed by atoms with Crippen molar-refractivity contribution in [2.75, 3.05) is 5.75 Å². The molecule has 1 unspecified atom stereocenters. The Morgan fingerprint density at radius 3 is 2.89 bits per heavy atom. The highest BCUT2D eigenvalue weighted by Crippen LogP contribution is 2.39. The van der Waals surface area contributed by atoms with Gasteiger partial charge in [0.1, 0.15) is 5.75 Å². The summed E-state index contributed by atoms with van der Waals surface area (Å²) in [6, 6.07) is 7.94. The molecule has 0 radical (unpaired) electrons. The van der Waals surface area contributed by atoms with E-state index in [2.05, 4.69) is 10.1 Å². The number of nitrogens with two attached hydrogens (primary N) is 1. The van der Waals surface area contributed by atoms with Crippen molar-refractivity contribution >= 4 is 11.8 Å². The molecule has 100 valence electrons. The van der Waals surface area contributed by atoms with Gasteiger partial charge >= 0.3 is 0 Å². The normalized spacial score (nSPS) is 18.8. The van der Waals surface area contributed by atoms with E-state index in [1.165, 1.54) is 0 Å². The van der Waals surface area contributed by atoms with E-state index in [-0.39, 0.29) is 6.10 Å². The van der Waals surface area contributed by atoms with Gasteiger partial charge < -0.3 is 15.0 Å². The molecule has 0 amide bonds. The van der Waals surface area contributed by atoms with Crippen molar-refractivity contribution in [3.63, 3.8) is 0 Å². The van der Waals surface area contributed by atoms with E-state index in [4.69, 9.17) is 15.0 Å². The molecule has 0 fully saturated rings. The Kier molecular flexibility index (Phi) is 2.99. The van der Waals surface area contributed by atoms with Crippen LogP contribution >= 0.6 is 11.8 Å². The molecule has 1 aromatic carbocycles. The van der Waals surface area contributed by atoms with Crippen molar-refractivity contribution in [3.05, 3.63) is 36.0 Å². The second kappa shape index (κ2) is 4.54. The van der Waals surface area contributed by atoms with E-state index in [0.29, 0.717) is 11.7 Å². The number of thioether (sulfide) groups is 1. The number of benzene rings is 1. The van der Waals surface area contributed by atoms with Crippen LogP contribution in [0.15, 0.2) is 33.7 Å². The fourth-order valence-corrected chi connectivity index (χ4v) is 2.76. The van der Waals surface area contributed by atoms with Crippen LogP contribution in [-0.2, 0) is 5.54 Å². The van der Waals surface area contributed by atoms with Crippen molar-refractivity contribution in [3.8, 4) is 5.75 Å². The summed E-state index contributed by atoms with van der Waals surface area (Å²) in [6.45, 7) is 3.66. The van der Waals surface area contributed by atoms with E-state index in [1.807, 2.05) is 38.1 Å². The molecule has 1 aromatic heterocycles. The Labute approximate surface area is 115 Å². The van der Waals surface area contributed by atoms with Gasteiger partial charge in [0.25, 0.3) is 0 Å². The minimum absolute atomic E-state index is 0.195. The van der Waals surface area contributed by atoms with Crippen LogP contribution in [0.1, 0.15) is 31.7 Å². The monoisotopic (exact) mass is 277 g/mol. The van der Waals surface area contributed by atoms with Gasteiger partial charge in [-0.2, -0.15) is 4.98 Å². The van der Waals surface area contributed by atoms with Gasteiger partial charge in [0.15, 0.2) is 6.10 Å². The van der Waals surface area contributed by atoms with Gasteiger partial charge in [0.2, 0.25) is 11.7 Å². The predicted molar refractivity (Wildman–Crippen MR) is 72.0 cm³/mol. The maximum Gasteiger partial charge on any atom is 0.246 e. The summed E-state index contributed by atoms with van der Waals surface area (Å²) in [4.78, 5) is 5.48. The Morgan fingerprint density at radius 2 is 2.16 bits per heavy atom. The van der Waals surface area contributed by atoms with Crippen LogP contribution in [0.2, 0.25) is 0 Å². The molecule has 5 nitrogen and oxygen atoms in total. The second-order valence-corrected chi connectivity index (χ2v) is 6.11. The molecule has 0 aliphatic carbocycles. The summed E-state index contributed by atoms with van der Waals surface area (Å²) < 4.78 is 11.1. The van der Waals surface area contributed by atoms with Crippen molar-refractivity contribution in [2.45, 2.75) is 30.4 Å². The summed E-state index contributed by atoms with van der Waals surface area (Å²) in [5.74, 6) is 2.61. The molecule has 2 aromatic rings. The van der Waals surface area contributed by atoms with E-state index in [0.717, 1.165) is 16.4 Å². The number of rotatable bonds is 2. The highest BCUT2D eigenvalue weighted by molar-refractivity contribution is 7.99. The topological polar surface area (TPSA) is 74.2 Å². The highest BCUT2D eigenvalue weighted by atomic mass is 32.2. The van der Waals surface area contributed by atoms with Gasteiger partial charge in [-0.3, -0.25) is 0 Å². The van der Waals surface area contributed by atoms with Crippen molar-refractivity contribution in [1.29, 1.82) is 0 Å². The Bertz CT molecular complexity index is 592. The largest absolute Gasteiger partial charge is 0.480 e. The van der Waals surface area contributed by atoms with Crippen LogP contribution < -0.4 is 10.5 Å². The third kappa shape index (κ3) is 2.46. The fourth-order valence-electron chi connectivity index (χ4n) is 1.77. The molecule has 2 heterocycles. The molecular formula is C13H15N3O2S. The van der Waals surface area contributed by atoms with Gasteiger partial charge in [-0.25, -0.2) is 0 Å². The molecule has 0 saturated carbocycles. The summed E-state index contributed by atoms with van der Waals surface area (Å²) >= 11 is 1.73. The number of aromatic nitrogens is 2. The lowest BCUT2D eigenvalue weighted by molar-refractivity contribution is 0.204. The molecule has 1 atom stereocenters. The lowest BCUT2D eigenvalue weighted by Gasteiger charge is -2.23.